The van der Waals surface area contributed by atoms with E-state index in [0.29, 0.717) is 31.8 Å². The predicted molar refractivity (Wildman–Crippen MR) is 67.2 cm³/mol. The minimum absolute atomic E-state index is 0.109. The van der Waals surface area contributed by atoms with Gasteiger partial charge in [0, 0.05) is 0 Å². The third-order valence-electron chi connectivity index (χ3n) is 4.65. The number of carbonyl (C=O) groups excluding carboxylic acids is 1. The summed E-state index contributed by atoms with van der Waals surface area (Å²) >= 11 is 0. The lowest BCUT2D eigenvalue weighted by Crippen LogP contribution is -2.66. The number of hydrogen-bond acceptors (Lipinski definition) is 3. The number of carbonyl (C=O) groups is 2. The van der Waals surface area contributed by atoms with Crippen molar-refractivity contribution in [3.63, 3.8) is 0 Å². The molecule has 1 amide bonds. The number of likely N-dealkylation sites (tertiary alicyclic amines) is 1. The number of rotatable bonds is 3. The minimum atomic E-state index is -0.902. The van der Waals surface area contributed by atoms with Crippen LogP contribution in [-0.2, 0) is 9.59 Å². The van der Waals surface area contributed by atoms with Gasteiger partial charge in [-0.15, -0.1) is 0 Å². The topological polar surface area (TPSA) is 77.8 Å². The molecule has 19 heavy (non-hydrogen) atoms. The van der Waals surface area contributed by atoms with Crippen LogP contribution in [0.5, 0.6) is 0 Å². The van der Waals surface area contributed by atoms with Crippen LogP contribution < -0.4 is 0 Å². The van der Waals surface area contributed by atoms with E-state index in [9.17, 15) is 19.8 Å². The van der Waals surface area contributed by atoms with Gasteiger partial charge in [0.05, 0.1) is 24.9 Å². The van der Waals surface area contributed by atoms with E-state index in [0.717, 1.165) is 12.8 Å². The molecule has 2 aliphatic carbocycles. The summed E-state index contributed by atoms with van der Waals surface area (Å²) < 4.78 is 0. The van der Waals surface area contributed by atoms with Gasteiger partial charge in [-0.1, -0.05) is 12.2 Å². The zero-order chi connectivity index (χ0) is 13.6. The smallest absolute Gasteiger partial charge is 0.307 e. The predicted octanol–water partition coefficient (Wildman–Crippen LogP) is 0.637. The first kappa shape index (κ1) is 12.7. The molecule has 5 nitrogen and oxygen atoms in total. The highest BCUT2D eigenvalue weighted by atomic mass is 16.4. The maximum absolute atomic E-state index is 12.3. The van der Waals surface area contributed by atoms with Gasteiger partial charge in [-0.3, -0.25) is 9.59 Å². The monoisotopic (exact) mass is 265 g/mol. The Bertz CT molecular complexity index is 435. The highest BCUT2D eigenvalue weighted by Gasteiger charge is 2.54. The molecule has 1 saturated carbocycles. The summed E-state index contributed by atoms with van der Waals surface area (Å²) in [6.45, 7) is 0.756. The lowest BCUT2D eigenvalue weighted by Gasteiger charge is -2.48. The molecule has 2 fully saturated rings. The van der Waals surface area contributed by atoms with E-state index < -0.39 is 23.4 Å². The molecule has 1 heterocycles. The van der Waals surface area contributed by atoms with Gasteiger partial charge in [0.1, 0.15) is 5.60 Å². The van der Waals surface area contributed by atoms with Crippen molar-refractivity contribution in [2.75, 3.05) is 13.1 Å². The first-order valence-electron chi connectivity index (χ1n) is 6.90. The third-order valence-corrected chi connectivity index (χ3v) is 4.65. The Hall–Kier alpha value is -1.36. The fraction of sp³-hybridized carbons (Fsp3) is 0.714. The number of aliphatic hydroxyl groups is 1. The molecule has 3 rings (SSSR count). The van der Waals surface area contributed by atoms with Crippen LogP contribution in [0.15, 0.2) is 12.2 Å². The molecule has 0 radical (unpaired) electrons. The summed E-state index contributed by atoms with van der Waals surface area (Å²) in [5.74, 6) is -1.75. The van der Waals surface area contributed by atoms with E-state index in [1.165, 1.54) is 0 Å². The fourth-order valence-electron chi connectivity index (χ4n) is 3.24. The fourth-order valence-corrected chi connectivity index (χ4v) is 3.24. The van der Waals surface area contributed by atoms with Crippen LogP contribution in [0.3, 0.4) is 0 Å². The second-order valence-electron chi connectivity index (χ2n) is 6.07. The average Bonchev–Trinajstić information content (AvgIpc) is 3.18. The maximum Gasteiger partial charge on any atom is 0.307 e. The van der Waals surface area contributed by atoms with Crippen molar-refractivity contribution in [3.05, 3.63) is 12.2 Å². The minimum Gasteiger partial charge on any atom is -0.481 e. The summed E-state index contributed by atoms with van der Waals surface area (Å²) in [6.07, 6.45) is 6.72. The molecular formula is C14H19NO4. The van der Waals surface area contributed by atoms with E-state index in [2.05, 4.69) is 0 Å². The zero-order valence-electron chi connectivity index (χ0n) is 10.8. The Morgan fingerprint density at radius 1 is 1.11 bits per heavy atom. The molecule has 3 aliphatic rings. The molecule has 2 atom stereocenters. The normalized spacial score (nSPS) is 32.8. The van der Waals surface area contributed by atoms with E-state index >= 15 is 0 Å². The molecule has 5 heteroatoms. The summed E-state index contributed by atoms with van der Waals surface area (Å²) in [6, 6.07) is 0. The largest absolute Gasteiger partial charge is 0.481 e. The van der Waals surface area contributed by atoms with Gasteiger partial charge in [0.25, 0.3) is 0 Å². The summed E-state index contributed by atoms with van der Waals surface area (Å²) in [5.41, 5.74) is -0.696. The van der Waals surface area contributed by atoms with Crippen molar-refractivity contribution in [3.8, 4) is 0 Å². The van der Waals surface area contributed by atoms with E-state index in [1.807, 2.05) is 12.2 Å². The number of hydrogen-bond donors (Lipinski definition) is 2. The maximum atomic E-state index is 12.3. The molecule has 104 valence electrons. The second-order valence-corrected chi connectivity index (χ2v) is 6.07. The summed E-state index contributed by atoms with van der Waals surface area (Å²) in [4.78, 5) is 25.2. The van der Waals surface area contributed by atoms with Crippen molar-refractivity contribution in [2.24, 2.45) is 17.8 Å². The lowest BCUT2D eigenvalue weighted by molar-refractivity contribution is -0.168. The highest BCUT2D eigenvalue weighted by Crippen LogP contribution is 2.45. The van der Waals surface area contributed by atoms with Crippen LogP contribution >= 0.6 is 0 Å². The molecule has 0 aromatic heterocycles. The Kier molecular flexibility index (Phi) is 2.89. The third kappa shape index (κ3) is 2.16. The van der Waals surface area contributed by atoms with Crippen molar-refractivity contribution in [1.82, 2.24) is 4.90 Å². The number of nitrogens with zero attached hydrogens (tertiary/aromatic N) is 1. The van der Waals surface area contributed by atoms with Crippen molar-refractivity contribution < 1.29 is 19.8 Å². The van der Waals surface area contributed by atoms with Gasteiger partial charge in [-0.05, 0) is 31.6 Å². The first-order chi connectivity index (χ1) is 9.01. The number of allylic oxidation sites excluding steroid dienone is 2. The van der Waals surface area contributed by atoms with Crippen LogP contribution in [0.4, 0.5) is 0 Å². The van der Waals surface area contributed by atoms with Crippen LogP contribution in [0.25, 0.3) is 0 Å². The molecule has 0 aromatic rings. The molecule has 0 bridgehead atoms. The number of carboxylic acid groups (broad SMARTS) is 1. The second kappa shape index (κ2) is 4.34. The van der Waals surface area contributed by atoms with Gasteiger partial charge in [0.2, 0.25) is 5.91 Å². The Labute approximate surface area is 111 Å². The standard InChI is InChI=1S/C14H19NO4/c16-12(10-3-1-2-4-11(10)13(17)18)15-7-14(19,8-15)9-5-6-9/h1-2,9-11,19H,3-8H2,(H,17,18). The van der Waals surface area contributed by atoms with Crippen LogP contribution in [0, 0.1) is 17.8 Å². The Morgan fingerprint density at radius 3 is 2.21 bits per heavy atom. The number of aliphatic carboxylic acids is 1. The lowest BCUT2D eigenvalue weighted by atomic mass is 9.80. The zero-order valence-corrected chi connectivity index (χ0v) is 10.8. The number of amides is 1. The van der Waals surface area contributed by atoms with Gasteiger partial charge in [0.15, 0.2) is 0 Å². The Morgan fingerprint density at radius 2 is 1.68 bits per heavy atom. The van der Waals surface area contributed by atoms with Gasteiger partial charge >= 0.3 is 5.97 Å². The van der Waals surface area contributed by atoms with E-state index in [-0.39, 0.29) is 5.91 Å². The van der Waals surface area contributed by atoms with Crippen LogP contribution in [0.2, 0.25) is 0 Å². The molecule has 1 aliphatic heterocycles. The van der Waals surface area contributed by atoms with Crippen LogP contribution in [0.1, 0.15) is 25.7 Å². The summed E-state index contributed by atoms with van der Waals surface area (Å²) in [7, 11) is 0. The van der Waals surface area contributed by atoms with Crippen molar-refractivity contribution in [1.29, 1.82) is 0 Å². The molecule has 0 spiro atoms. The number of carboxylic acids is 1. The molecule has 0 aromatic carbocycles. The van der Waals surface area contributed by atoms with Gasteiger partial charge < -0.3 is 15.1 Å². The van der Waals surface area contributed by atoms with E-state index in [1.54, 1.807) is 4.90 Å². The van der Waals surface area contributed by atoms with Crippen molar-refractivity contribution >= 4 is 11.9 Å². The molecule has 1 saturated heterocycles. The SMILES string of the molecule is O=C(O)C1CC=CCC1C(=O)N1CC(O)(C2CC2)C1. The highest BCUT2D eigenvalue weighted by molar-refractivity contribution is 5.86. The van der Waals surface area contributed by atoms with E-state index in [4.69, 9.17) is 0 Å². The summed E-state index contributed by atoms with van der Waals surface area (Å²) in [5, 5.41) is 19.4. The molecular weight excluding hydrogens is 246 g/mol. The van der Waals surface area contributed by atoms with Crippen molar-refractivity contribution in [2.45, 2.75) is 31.3 Å². The average molecular weight is 265 g/mol. The van der Waals surface area contributed by atoms with Gasteiger partial charge in [-0.25, -0.2) is 0 Å². The first-order valence-corrected chi connectivity index (χ1v) is 6.90. The quantitative estimate of drug-likeness (QED) is 0.734. The Balaban J connectivity index is 1.64. The van der Waals surface area contributed by atoms with Gasteiger partial charge in [-0.2, -0.15) is 0 Å². The number of β-amino-alcohol motifs (C(OH)–C–C–N with tert-alkyl or cyclic N) is 1. The molecule has 2 unspecified atom stereocenters. The van der Waals surface area contributed by atoms with Crippen LogP contribution in [-0.4, -0.2) is 45.7 Å². The molecule has 2 N–H and O–H groups in total.